The highest BCUT2D eigenvalue weighted by Crippen LogP contribution is 2.42. The minimum Gasteiger partial charge on any atom is -0.395 e. The molecule has 5 nitrogen and oxygen atoms in total. The predicted octanol–water partition coefficient (Wildman–Crippen LogP) is 3.78. The fourth-order valence-electron chi connectivity index (χ4n) is 2.83. The maximum Gasteiger partial charge on any atom is 0.418 e. The molecule has 1 heterocycles. The molecule has 0 fully saturated rings. The third-order valence-electron chi connectivity index (χ3n) is 4.06. The van der Waals surface area contributed by atoms with Crippen molar-refractivity contribution in [1.29, 1.82) is 0 Å². The summed E-state index contributed by atoms with van der Waals surface area (Å²) in [5, 5.41) is 12.2. The standard InChI is InChI=1S/C16H14F3N3O2/c17-16(18,19)15(23)11-5-12(21-24)14(20)13(6-11)22-7-9-3-1-2-4-10(9)8-22/h1-6,15,23H,7-8,20H2. The maximum atomic E-state index is 12.8. The minimum absolute atomic E-state index is 0.00377. The van der Waals surface area contributed by atoms with Crippen molar-refractivity contribution in [1.82, 2.24) is 0 Å². The highest BCUT2D eigenvalue weighted by Gasteiger charge is 2.40. The number of aliphatic hydroxyl groups is 1. The van der Waals surface area contributed by atoms with E-state index in [0.717, 1.165) is 23.3 Å². The van der Waals surface area contributed by atoms with Gasteiger partial charge < -0.3 is 15.7 Å². The SMILES string of the molecule is Nc1c(N=O)cc(C(O)C(F)(F)F)cc1N1Cc2ccccc2C1. The van der Waals surface area contributed by atoms with Gasteiger partial charge in [0.2, 0.25) is 0 Å². The van der Waals surface area contributed by atoms with Crippen LogP contribution in [0, 0.1) is 4.91 Å². The number of hydrogen-bond donors (Lipinski definition) is 2. The Labute approximate surface area is 135 Å². The van der Waals surface area contributed by atoms with E-state index in [1.165, 1.54) is 0 Å². The van der Waals surface area contributed by atoms with Crippen LogP contribution in [0.3, 0.4) is 0 Å². The van der Waals surface area contributed by atoms with Crippen LogP contribution in [0.2, 0.25) is 0 Å². The average molecular weight is 337 g/mol. The number of rotatable bonds is 3. The first-order valence-electron chi connectivity index (χ1n) is 7.14. The summed E-state index contributed by atoms with van der Waals surface area (Å²) in [6.45, 7) is 0.897. The van der Waals surface area contributed by atoms with Gasteiger partial charge in [0, 0.05) is 13.1 Å². The third kappa shape index (κ3) is 2.80. The number of nitrogens with two attached hydrogens (primary N) is 1. The van der Waals surface area contributed by atoms with Gasteiger partial charge in [0.1, 0.15) is 5.69 Å². The zero-order valence-corrected chi connectivity index (χ0v) is 12.4. The molecule has 0 spiro atoms. The highest BCUT2D eigenvalue weighted by atomic mass is 19.4. The van der Waals surface area contributed by atoms with Crippen LogP contribution in [0.4, 0.5) is 30.2 Å². The fourth-order valence-corrected chi connectivity index (χ4v) is 2.83. The number of halogens is 3. The van der Waals surface area contributed by atoms with E-state index in [4.69, 9.17) is 5.73 Å². The Hall–Kier alpha value is -2.61. The van der Waals surface area contributed by atoms with Crippen LogP contribution in [-0.4, -0.2) is 11.3 Å². The lowest BCUT2D eigenvalue weighted by molar-refractivity contribution is -0.206. The van der Waals surface area contributed by atoms with Gasteiger partial charge >= 0.3 is 6.18 Å². The Morgan fingerprint density at radius 2 is 1.75 bits per heavy atom. The molecule has 126 valence electrons. The molecule has 3 rings (SSSR count). The molecule has 0 radical (unpaired) electrons. The van der Waals surface area contributed by atoms with Crippen molar-refractivity contribution in [2.75, 3.05) is 10.6 Å². The van der Waals surface area contributed by atoms with Crippen LogP contribution in [0.1, 0.15) is 22.8 Å². The number of nitrogens with zero attached hydrogens (tertiary/aromatic N) is 2. The van der Waals surface area contributed by atoms with Gasteiger partial charge in [-0.15, -0.1) is 4.91 Å². The number of fused-ring (bicyclic) bond motifs is 1. The van der Waals surface area contributed by atoms with Crippen LogP contribution in [0.15, 0.2) is 41.6 Å². The molecule has 8 heteroatoms. The molecular formula is C16H14F3N3O2. The summed E-state index contributed by atoms with van der Waals surface area (Å²) in [4.78, 5) is 12.7. The molecule has 2 aromatic rings. The molecule has 24 heavy (non-hydrogen) atoms. The van der Waals surface area contributed by atoms with E-state index in [1.54, 1.807) is 4.90 Å². The van der Waals surface area contributed by atoms with E-state index in [-0.39, 0.29) is 17.1 Å². The number of nitrogen functional groups attached to an aromatic ring is 1. The maximum absolute atomic E-state index is 12.8. The number of benzene rings is 2. The predicted molar refractivity (Wildman–Crippen MR) is 83.7 cm³/mol. The zero-order valence-electron chi connectivity index (χ0n) is 12.4. The molecular weight excluding hydrogens is 323 g/mol. The molecule has 1 aliphatic heterocycles. The topological polar surface area (TPSA) is 78.9 Å². The Balaban J connectivity index is 2.04. The van der Waals surface area contributed by atoms with Crippen LogP contribution in [0.25, 0.3) is 0 Å². The van der Waals surface area contributed by atoms with Crippen LogP contribution >= 0.6 is 0 Å². The van der Waals surface area contributed by atoms with Gasteiger partial charge in [-0.1, -0.05) is 24.3 Å². The Morgan fingerprint density at radius 1 is 1.17 bits per heavy atom. The summed E-state index contributed by atoms with van der Waals surface area (Å²) in [6.07, 6.45) is -7.55. The van der Waals surface area contributed by atoms with Gasteiger partial charge in [-0.2, -0.15) is 13.2 Å². The Kier molecular flexibility index (Phi) is 3.92. The summed E-state index contributed by atoms with van der Waals surface area (Å²) < 4.78 is 38.4. The summed E-state index contributed by atoms with van der Waals surface area (Å²) in [6, 6.07) is 9.60. The smallest absolute Gasteiger partial charge is 0.395 e. The minimum atomic E-state index is -4.85. The van der Waals surface area contributed by atoms with Crippen molar-refractivity contribution in [2.45, 2.75) is 25.4 Å². The zero-order chi connectivity index (χ0) is 17.5. The average Bonchev–Trinajstić information content (AvgIpc) is 2.97. The molecule has 1 aliphatic rings. The van der Waals surface area contributed by atoms with Gasteiger partial charge in [-0.25, -0.2) is 0 Å². The quantitative estimate of drug-likeness (QED) is 0.660. The molecule has 1 unspecified atom stereocenters. The molecule has 0 amide bonds. The summed E-state index contributed by atoms with van der Waals surface area (Å²) in [5.74, 6) is 0. The van der Waals surface area contributed by atoms with E-state index >= 15 is 0 Å². The van der Waals surface area contributed by atoms with Gasteiger partial charge in [0.25, 0.3) is 0 Å². The largest absolute Gasteiger partial charge is 0.418 e. The van der Waals surface area contributed by atoms with E-state index < -0.39 is 17.8 Å². The molecule has 0 saturated carbocycles. The van der Waals surface area contributed by atoms with E-state index in [1.807, 2.05) is 24.3 Å². The molecule has 3 N–H and O–H groups in total. The van der Waals surface area contributed by atoms with Crippen molar-refractivity contribution in [3.8, 4) is 0 Å². The Bertz CT molecular complexity index is 768. The van der Waals surface area contributed by atoms with Crippen molar-refractivity contribution in [3.63, 3.8) is 0 Å². The second-order valence-corrected chi connectivity index (χ2v) is 5.63. The Morgan fingerprint density at radius 3 is 2.25 bits per heavy atom. The van der Waals surface area contributed by atoms with Crippen LogP contribution in [-0.2, 0) is 13.1 Å². The summed E-state index contributed by atoms with van der Waals surface area (Å²) in [5.41, 5.74) is 7.41. The molecule has 2 aromatic carbocycles. The van der Waals surface area contributed by atoms with Gasteiger partial charge in [-0.3, -0.25) is 0 Å². The molecule has 0 saturated heterocycles. The number of aliphatic hydroxyl groups excluding tert-OH is 1. The first-order chi connectivity index (χ1) is 11.3. The first kappa shape index (κ1) is 16.3. The number of alkyl halides is 3. The highest BCUT2D eigenvalue weighted by molar-refractivity contribution is 5.81. The van der Waals surface area contributed by atoms with Crippen molar-refractivity contribution in [2.24, 2.45) is 5.18 Å². The molecule has 1 atom stereocenters. The molecule has 0 aromatic heterocycles. The molecule has 0 bridgehead atoms. The number of anilines is 2. The lowest BCUT2D eigenvalue weighted by Gasteiger charge is -2.23. The fraction of sp³-hybridized carbons (Fsp3) is 0.250. The van der Waals surface area contributed by atoms with Gasteiger partial charge in [-0.05, 0) is 34.0 Å². The normalized spacial score (nSPS) is 15.2. The van der Waals surface area contributed by atoms with Gasteiger partial charge in [0.15, 0.2) is 6.10 Å². The molecule has 0 aliphatic carbocycles. The number of hydrogen-bond acceptors (Lipinski definition) is 5. The van der Waals surface area contributed by atoms with E-state index in [0.29, 0.717) is 13.1 Å². The van der Waals surface area contributed by atoms with E-state index in [9.17, 15) is 23.2 Å². The van der Waals surface area contributed by atoms with Crippen LogP contribution < -0.4 is 10.6 Å². The monoisotopic (exact) mass is 337 g/mol. The summed E-state index contributed by atoms with van der Waals surface area (Å²) in [7, 11) is 0. The van der Waals surface area contributed by atoms with Crippen molar-refractivity contribution >= 4 is 17.1 Å². The third-order valence-corrected chi connectivity index (χ3v) is 4.06. The second-order valence-electron chi connectivity index (χ2n) is 5.63. The number of nitroso groups, excluding NO2 is 1. The van der Waals surface area contributed by atoms with Crippen LogP contribution in [0.5, 0.6) is 0 Å². The van der Waals surface area contributed by atoms with Crippen molar-refractivity contribution in [3.05, 3.63) is 58.0 Å². The lowest BCUT2D eigenvalue weighted by atomic mass is 10.0. The first-order valence-corrected chi connectivity index (χ1v) is 7.14. The van der Waals surface area contributed by atoms with E-state index in [2.05, 4.69) is 5.18 Å². The summed E-state index contributed by atoms with van der Waals surface area (Å²) >= 11 is 0. The lowest BCUT2D eigenvalue weighted by Crippen LogP contribution is -2.22. The van der Waals surface area contributed by atoms with Crippen molar-refractivity contribution < 1.29 is 18.3 Å². The second kappa shape index (κ2) is 5.79. The van der Waals surface area contributed by atoms with Gasteiger partial charge in [0.05, 0.1) is 11.4 Å².